The number of hydrogen-bond donors (Lipinski definition) is 1. The minimum Gasteiger partial charge on any atom is -0.466 e. The number of carbonyl (C=O) groups is 3. The normalized spacial score (nSPS) is 16.4. The van der Waals surface area contributed by atoms with E-state index in [2.05, 4.69) is 5.32 Å². The minimum atomic E-state index is -5.08. The first kappa shape index (κ1) is 36.8. The molecule has 1 heterocycles. The number of alkyl halides is 3. The predicted molar refractivity (Wildman–Crippen MR) is 172 cm³/mol. The molecule has 0 unspecified atom stereocenters. The molecule has 1 aliphatic rings. The zero-order valence-electron chi connectivity index (χ0n) is 27.3. The van der Waals surface area contributed by atoms with E-state index >= 15 is 0 Å². The summed E-state index contributed by atoms with van der Waals surface area (Å²) in [4.78, 5) is 43.0. The van der Waals surface area contributed by atoms with Crippen LogP contribution in [0.4, 0.5) is 18.0 Å². The van der Waals surface area contributed by atoms with Crippen molar-refractivity contribution in [2.45, 2.75) is 76.7 Å². The van der Waals surface area contributed by atoms with Gasteiger partial charge in [-0.2, -0.15) is 13.2 Å². The Morgan fingerprint density at radius 1 is 0.935 bits per heavy atom. The van der Waals surface area contributed by atoms with E-state index in [0.717, 1.165) is 11.1 Å². The molecule has 2 aromatic rings. The number of methoxy groups -OCH3 is 1. The van der Waals surface area contributed by atoms with E-state index in [1.165, 1.54) is 13.2 Å². The van der Waals surface area contributed by atoms with Gasteiger partial charge in [-0.05, 0) is 35.7 Å². The van der Waals surface area contributed by atoms with Gasteiger partial charge in [0.05, 0.1) is 32.6 Å². The number of amides is 3. The third kappa shape index (κ3) is 10.4. The van der Waals surface area contributed by atoms with Gasteiger partial charge in [-0.15, -0.1) is 0 Å². The molecule has 0 bridgehead atoms. The highest BCUT2D eigenvalue weighted by Crippen LogP contribution is 2.38. The molecule has 0 radical (unpaired) electrons. The first-order valence-corrected chi connectivity index (χ1v) is 18.1. The average molecular weight is 663 g/mol. The van der Waals surface area contributed by atoms with Gasteiger partial charge in [0, 0.05) is 25.7 Å². The lowest BCUT2D eigenvalue weighted by Crippen LogP contribution is -2.64. The van der Waals surface area contributed by atoms with Gasteiger partial charge in [0.25, 0.3) is 0 Å². The monoisotopic (exact) mass is 662 g/mol. The standard InChI is InChI=1S/C33H45F3N4O5Si/c1-32(2,3)46(5,6)45-28(18-13-19-29(41)44-4)27(20-37-30(42)33(34,35)36)40-23-38(21-25-14-9-7-10-15-25)31(43)39(24-40)22-26-16-11-8-12-17-26/h7-17,19,27-28H,18,20-24H2,1-6H3,(H,37,42)/b19-13+/t27-,28+/m0/s1. The number of nitrogens with zero attached hydrogens (tertiary/aromatic N) is 3. The average Bonchev–Trinajstić information content (AvgIpc) is 2.98. The van der Waals surface area contributed by atoms with Crippen LogP contribution in [0, 0.1) is 0 Å². The number of carbonyl (C=O) groups excluding carboxylic acids is 3. The van der Waals surface area contributed by atoms with Gasteiger partial charge in [-0.3, -0.25) is 9.69 Å². The first-order valence-electron chi connectivity index (χ1n) is 15.1. The van der Waals surface area contributed by atoms with Crippen LogP contribution in [0.25, 0.3) is 0 Å². The predicted octanol–water partition coefficient (Wildman–Crippen LogP) is 5.90. The van der Waals surface area contributed by atoms with E-state index in [1.54, 1.807) is 15.9 Å². The maximum absolute atomic E-state index is 13.8. The van der Waals surface area contributed by atoms with Crippen molar-refractivity contribution in [1.82, 2.24) is 20.0 Å². The van der Waals surface area contributed by atoms with Crippen LogP contribution >= 0.6 is 0 Å². The summed E-state index contributed by atoms with van der Waals surface area (Å²) in [6.07, 6.45) is -2.87. The molecule has 3 rings (SSSR count). The van der Waals surface area contributed by atoms with Crippen LogP contribution in [0.1, 0.15) is 38.3 Å². The third-order valence-corrected chi connectivity index (χ3v) is 12.9. The minimum absolute atomic E-state index is 0.0731. The quantitative estimate of drug-likeness (QED) is 0.163. The molecule has 13 heteroatoms. The lowest BCUT2D eigenvalue weighted by molar-refractivity contribution is -0.174. The summed E-state index contributed by atoms with van der Waals surface area (Å²) in [5, 5.41) is 1.81. The van der Waals surface area contributed by atoms with Crippen molar-refractivity contribution in [2.75, 3.05) is 27.0 Å². The molecule has 0 spiro atoms. The fourth-order valence-electron chi connectivity index (χ4n) is 4.86. The van der Waals surface area contributed by atoms with E-state index in [0.29, 0.717) is 0 Å². The van der Waals surface area contributed by atoms with Gasteiger partial charge in [-0.25, -0.2) is 9.59 Å². The van der Waals surface area contributed by atoms with Crippen LogP contribution in [0.3, 0.4) is 0 Å². The van der Waals surface area contributed by atoms with Crippen LogP contribution in [-0.2, 0) is 31.8 Å². The molecule has 9 nitrogen and oxygen atoms in total. The topological polar surface area (TPSA) is 91.4 Å². The Labute approximate surface area is 270 Å². The number of esters is 1. The maximum Gasteiger partial charge on any atom is 0.471 e. The Bertz CT molecular complexity index is 1280. The van der Waals surface area contributed by atoms with Gasteiger partial charge in [-0.1, -0.05) is 87.5 Å². The summed E-state index contributed by atoms with van der Waals surface area (Å²) < 4.78 is 51.7. The number of halogens is 3. The molecular weight excluding hydrogens is 617 g/mol. The van der Waals surface area contributed by atoms with Crippen LogP contribution in [0.5, 0.6) is 0 Å². The Morgan fingerprint density at radius 2 is 1.43 bits per heavy atom. The molecule has 1 aliphatic heterocycles. The number of benzene rings is 2. The molecule has 46 heavy (non-hydrogen) atoms. The molecule has 1 N–H and O–H groups in total. The van der Waals surface area contributed by atoms with Crippen molar-refractivity contribution in [2.24, 2.45) is 0 Å². The smallest absolute Gasteiger partial charge is 0.466 e. The summed E-state index contributed by atoms with van der Waals surface area (Å²) >= 11 is 0. The molecule has 0 aliphatic carbocycles. The molecule has 0 saturated carbocycles. The van der Waals surface area contributed by atoms with Gasteiger partial charge < -0.3 is 24.3 Å². The Balaban J connectivity index is 2.07. The molecule has 1 saturated heterocycles. The van der Waals surface area contributed by atoms with Crippen molar-refractivity contribution >= 4 is 26.2 Å². The Morgan fingerprint density at radius 3 is 1.87 bits per heavy atom. The summed E-state index contributed by atoms with van der Waals surface area (Å²) in [5.74, 6) is -2.65. The summed E-state index contributed by atoms with van der Waals surface area (Å²) in [5.41, 5.74) is 1.77. The largest absolute Gasteiger partial charge is 0.471 e. The highest BCUT2D eigenvalue weighted by Gasteiger charge is 2.45. The molecular formula is C33H45F3N4O5Si. The van der Waals surface area contributed by atoms with Gasteiger partial charge in [0.1, 0.15) is 0 Å². The van der Waals surface area contributed by atoms with Crippen molar-refractivity contribution < 1.29 is 36.7 Å². The van der Waals surface area contributed by atoms with E-state index in [-0.39, 0.29) is 43.9 Å². The van der Waals surface area contributed by atoms with Gasteiger partial charge >= 0.3 is 24.1 Å². The van der Waals surface area contributed by atoms with Crippen molar-refractivity contribution in [1.29, 1.82) is 0 Å². The summed E-state index contributed by atoms with van der Waals surface area (Å²) in [6, 6.07) is 17.8. The molecule has 252 valence electrons. The van der Waals surface area contributed by atoms with Crippen LogP contribution < -0.4 is 5.32 Å². The highest BCUT2D eigenvalue weighted by atomic mass is 28.4. The summed E-state index contributed by atoms with van der Waals surface area (Å²) in [7, 11) is -1.30. The zero-order valence-corrected chi connectivity index (χ0v) is 28.3. The van der Waals surface area contributed by atoms with Crippen molar-refractivity contribution in [3.8, 4) is 0 Å². The van der Waals surface area contributed by atoms with Crippen LogP contribution in [0.2, 0.25) is 18.1 Å². The molecule has 3 amide bonds. The van der Waals surface area contributed by atoms with Crippen LogP contribution in [0.15, 0.2) is 72.8 Å². The number of rotatable bonds is 13. The second-order valence-corrected chi connectivity index (χ2v) is 17.6. The first-order chi connectivity index (χ1) is 21.5. The van der Waals surface area contributed by atoms with Gasteiger partial charge in [0.2, 0.25) is 0 Å². The number of hydrogen-bond acceptors (Lipinski definition) is 6. The van der Waals surface area contributed by atoms with Gasteiger partial charge in [0.15, 0.2) is 8.32 Å². The second-order valence-electron chi connectivity index (χ2n) is 12.9. The van der Waals surface area contributed by atoms with Crippen molar-refractivity contribution in [3.63, 3.8) is 0 Å². The Hall–Kier alpha value is -3.68. The zero-order chi connectivity index (χ0) is 34.1. The SMILES string of the molecule is COC(=O)/C=C/C[C@@H](O[Si](C)(C)C(C)(C)C)[C@H](CNC(=O)C(F)(F)F)N1CN(Cc2ccccc2)C(=O)N(Cc2ccccc2)C1. The molecule has 0 aromatic heterocycles. The summed E-state index contributed by atoms with van der Waals surface area (Å²) in [6.45, 7) is 10.5. The highest BCUT2D eigenvalue weighted by molar-refractivity contribution is 6.74. The van der Waals surface area contributed by atoms with Crippen molar-refractivity contribution in [3.05, 3.63) is 83.9 Å². The van der Waals surface area contributed by atoms with E-state index < -0.39 is 45.1 Å². The Kier molecular flexibility index (Phi) is 12.6. The molecule has 2 aromatic carbocycles. The third-order valence-electron chi connectivity index (χ3n) is 8.38. The molecule has 1 fully saturated rings. The van der Waals surface area contributed by atoms with Crippen LogP contribution in [-0.4, -0.2) is 86.2 Å². The second kappa shape index (κ2) is 15.7. The van der Waals surface area contributed by atoms with E-state index in [4.69, 9.17) is 9.16 Å². The number of ether oxygens (including phenoxy) is 1. The fourth-order valence-corrected chi connectivity index (χ4v) is 6.22. The maximum atomic E-state index is 13.8. The van der Waals surface area contributed by atoms with E-state index in [1.807, 2.05) is 99.4 Å². The number of urea groups is 1. The molecule has 2 atom stereocenters. The lowest BCUT2D eigenvalue weighted by Gasteiger charge is -2.49. The lowest BCUT2D eigenvalue weighted by atomic mass is 10.1. The van der Waals surface area contributed by atoms with E-state index in [9.17, 15) is 27.6 Å². The number of nitrogens with one attached hydrogen (secondary N) is 1. The fraction of sp³-hybridized carbons (Fsp3) is 0.485.